The van der Waals surface area contributed by atoms with E-state index in [-0.39, 0.29) is 34.9 Å². The maximum absolute atomic E-state index is 12.1. The number of hydrazone groups is 1. The lowest BCUT2D eigenvalue weighted by Gasteiger charge is -2.11. The Hall–Kier alpha value is -3.96. The van der Waals surface area contributed by atoms with Gasteiger partial charge in [-0.25, -0.2) is 10.2 Å². The van der Waals surface area contributed by atoms with Gasteiger partial charge in [-0.1, -0.05) is 19.8 Å². The molecule has 2 rings (SSSR count). The first-order valence-corrected chi connectivity index (χ1v) is 9.90. The minimum atomic E-state index is -0.666. The van der Waals surface area contributed by atoms with Gasteiger partial charge in [-0.15, -0.1) is 0 Å². The van der Waals surface area contributed by atoms with Crippen molar-refractivity contribution < 1.29 is 19.2 Å². The maximum atomic E-state index is 12.1. The van der Waals surface area contributed by atoms with Crippen molar-refractivity contribution in [2.24, 2.45) is 5.10 Å². The SMILES string of the molecule is CCCCCOc1c(OC)cc(/C=N\NC(=O)Cc2c(C)[nH]c(=O)[nH]c2=O)cc1[N+](=O)[O-]. The number of aromatic amines is 2. The second-order valence-corrected chi connectivity index (χ2v) is 6.87. The van der Waals surface area contributed by atoms with E-state index in [1.54, 1.807) is 0 Å². The molecule has 0 aliphatic carbocycles. The van der Waals surface area contributed by atoms with Crippen molar-refractivity contribution in [3.63, 3.8) is 0 Å². The van der Waals surface area contributed by atoms with Gasteiger partial charge in [0.2, 0.25) is 11.7 Å². The van der Waals surface area contributed by atoms with Crippen molar-refractivity contribution in [1.29, 1.82) is 0 Å². The van der Waals surface area contributed by atoms with Crippen LogP contribution in [0.25, 0.3) is 0 Å². The summed E-state index contributed by atoms with van der Waals surface area (Å²) in [6, 6.07) is 2.75. The van der Waals surface area contributed by atoms with E-state index >= 15 is 0 Å². The highest BCUT2D eigenvalue weighted by Crippen LogP contribution is 2.38. The van der Waals surface area contributed by atoms with Crippen molar-refractivity contribution in [2.45, 2.75) is 39.5 Å². The van der Waals surface area contributed by atoms with Gasteiger partial charge in [0.05, 0.1) is 31.3 Å². The van der Waals surface area contributed by atoms with Crippen molar-refractivity contribution in [3.05, 3.63) is 59.9 Å². The lowest BCUT2D eigenvalue weighted by molar-refractivity contribution is -0.386. The zero-order valence-corrected chi connectivity index (χ0v) is 18.0. The van der Waals surface area contributed by atoms with E-state index in [9.17, 15) is 24.5 Å². The first-order chi connectivity index (χ1) is 15.3. The molecule has 172 valence electrons. The van der Waals surface area contributed by atoms with Crippen LogP contribution in [-0.4, -0.2) is 40.7 Å². The standard InChI is InChI=1S/C20H25N5O7/c1-4-5-6-7-32-18-15(25(29)30)8-13(9-16(18)31-3)11-21-24-17(26)10-14-12(2)22-20(28)23-19(14)27/h8-9,11H,4-7,10H2,1-3H3,(H,24,26)(H2,22,23,27,28)/b21-11-. The normalized spacial score (nSPS) is 10.8. The van der Waals surface area contributed by atoms with Gasteiger partial charge in [-0.3, -0.25) is 24.7 Å². The second-order valence-electron chi connectivity index (χ2n) is 6.87. The summed E-state index contributed by atoms with van der Waals surface area (Å²) in [5, 5.41) is 15.3. The van der Waals surface area contributed by atoms with Crippen molar-refractivity contribution >= 4 is 17.8 Å². The summed E-state index contributed by atoms with van der Waals surface area (Å²) >= 11 is 0. The van der Waals surface area contributed by atoms with Crippen LogP contribution >= 0.6 is 0 Å². The van der Waals surface area contributed by atoms with Crippen LogP contribution in [0.3, 0.4) is 0 Å². The van der Waals surface area contributed by atoms with Gasteiger partial charge in [0.25, 0.3) is 5.56 Å². The van der Waals surface area contributed by atoms with Crippen LogP contribution in [0.1, 0.15) is 43.0 Å². The van der Waals surface area contributed by atoms with Crippen molar-refractivity contribution in [3.8, 4) is 11.5 Å². The molecule has 0 aliphatic heterocycles. The third-order valence-electron chi connectivity index (χ3n) is 4.46. The molecular formula is C20H25N5O7. The van der Waals surface area contributed by atoms with Crippen LogP contribution in [0.4, 0.5) is 5.69 Å². The number of aryl methyl sites for hydroxylation is 1. The van der Waals surface area contributed by atoms with E-state index in [0.717, 1.165) is 19.3 Å². The number of nitrogens with one attached hydrogen (secondary N) is 3. The number of carbonyl (C=O) groups excluding carboxylic acids is 1. The largest absolute Gasteiger partial charge is 0.493 e. The Labute approximate surface area is 182 Å². The number of unbranched alkanes of at least 4 members (excludes halogenated alkanes) is 2. The predicted octanol–water partition coefficient (Wildman–Crippen LogP) is 1.55. The third kappa shape index (κ3) is 6.52. The van der Waals surface area contributed by atoms with Crippen LogP contribution in [-0.2, 0) is 11.2 Å². The van der Waals surface area contributed by atoms with Crippen LogP contribution in [0, 0.1) is 17.0 Å². The summed E-state index contributed by atoms with van der Waals surface area (Å²) in [5.74, 6) is -0.416. The van der Waals surface area contributed by atoms with Gasteiger partial charge < -0.3 is 14.5 Å². The molecule has 1 aromatic heterocycles. The number of methoxy groups -OCH3 is 1. The quantitative estimate of drug-likeness (QED) is 0.203. The number of nitro groups is 1. The minimum absolute atomic E-state index is 0.0301. The van der Waals surface area contributed by atoms with Gasteiger partial charge >= 0.3 is 11.4 Å². The van der Waals surface area contributed by atoms with Crippen LogP contribution in [0.5, 0.6) is 11.5 Å². The summed E-state index contributed by atoms with van der Waals surface area (Å²) in [5.41, 5.74) is 1.29. The maximum Gasteiger partial charge on any atom is 0.325 e. The first kappa shape index (κ1) is 24.3. The molecule has 32 heavy (non-hydrogen) atoms. The van der Waals surface area contributed by atoms with E-state index < -0.39 is 22.1 Å². The summed E-state index contributed by atoms with van der Waals surface area (Å²) in [4.78, 5) is 50.5. The van der Waals surface area contributed by atoms with Crippen LogP contribution in [0.15, 0.2) is 26.8 Å². The molecule has 0 radical (unpaired) electrons. The number of amides is 1. The molecule has 0 spiro atoms. The number of hydrogen-bond acceptors (Lipinski definition) is 8. The fraction of sp³-hybridized carbons (Fsp3) is 0.400. The van der Waals surface area contributed by atoms with Gasteiger partial charge in [-0.05, 0) is 19.4 Å². The van der Waals surface area contributed by atoms with Crippen LogP contribution in [0.2, 0.25) is 0 Å². The summed E-state index contributed by atoms with van der Waals surface area (Å²) in [7, 11) is 1.37. The average molecular weight is 447 g/mol. The van der Waals surface area contributed by atoms with E-state index in [2.05, 4.69) is 15.5 Å². The molecule has 0 aliphatic rings. The smallest absolute Gasteiger partial charge is 0.325 e. The molecule has 1 aromatic carbocycles. The molecule has 0 saturated heterocycles. The Morgan fingerprint density at radius 3 is 2.66 bits per heavy atom. The highest BCUT2D eigenvalue weighted by molar-refractivity contribution is 5.85. The van der Waals surface area contributed by atoms with E-state index in [1.807, 2.05) is 11.9 Å². The number of ether oxygens (including phenoxy) is 2. The monoisotopic (exact) mass is 447 g/mol. The third-order valence-corrected chi connectivity index (χ3v) is 4.46. The topological polar surface area (TPSA) is 169 Å². The fourth-order valence-electron chi connectivity index (χ4n) is 2.86. The van der Waals surface area contributed by atoms with E-state index in [1.165, 1.54) is 32.4 Å². The number of hydrogen-bond donors (Lipinski definition) is 3. The first-order valence-electron chi connectivity index (χ1n) is 9.90. The zero-order chi connectivity index (χ0) is 23.7. The molecular weight excluding hydrogens is 422 g/mol. The molecule has 3 N–H and O–H groups in total. The Kier molecular flexibility index (Phi) is 8.69. The average Bonchev–Trinajstić information content (AvgIpc) is 2.73. The number of nitro benzene ring substituents is 1. The lowest BCUT2D eigenvalue weighted by Crippen LogP contribution is -2.30. The van der Waals surface area contributed by atoms with Crippen molar-refractivity contribution in [1.82, 2.24) is 15.4 Å². The van der Waals surface area contributed by atoms with Crippen LogP contribution < -0.4 is 26.1 Å². The molecule has 1 amide bonds. The second kappa shape index (κ2) is 11.4. The number of rotatable bonds is 11. The molecule has 12 nitrogen and oxygen atoms in total. The zero-order valence-electron chi connectivity index (χ0n) is 18.0. The number of benzene rings is 1. The summed E-state index contributed by atoms with van der Waals surface area (Å²) in [6.45, 7) is 3.85. The summed E-state index contributed by atoms with van der Waals surface area (Å²) < 4.78 is 10.8. The molecule has 1 heterocycles. The number of carbonyl (C=O) groups is 1. The highest BCUT2D eigenvalue weighted by atomic mass is 16.6. The Balaban J connectivity index is 2.15. The Bertz CT molecular complexity index is 1120. The lowest BCUT2D eigenvalue weighted by atomic mass is 10.1. The minimum Gasteiger partial charge on any atom is -0.493 e. The summed E-state index contributed by atoms with van der Waals surface area (Å²) in [6.07, 6.45) is 3.57. The molecule has 0 fully saturated rings. The van der Waals surface area contributed by atoms with Gasteiger partial charge in [-0.2, -0.15) is 5.10 Å². The molecule has 0 atom stereocenters. The van der Waals surface area contributed by atoms with E-state index in [4.69, 9.17) is 9.47 Å². The van der Waals surface area contributed by atoms with Gasteiger partial charge in [0, 0.05) is 22.9 Å². The predicted molar refractivity (Wildman–Crippen MR) is 117 cm³/mol. The van der Waals surface area contributed by atoms with Gasteiger partial charge in [0.15, 0.2) is 5.75 Å². The fourth-order valence-corrected chi connectivity index (χ4v) is 2.86. The molecule has 0 saturated carbocycles. The Morgan fingerprint density at radius 2 is 2.03 bits per heavy atom. The molecule has 2 aromatic rings. The van der Waals surface area contributed by atoms with Gasteiger partial charge in [0.1, 0.15) is 0 Å². The molecule has 0 bridgehead atoms. The molecule has 12 heteroatoms. The number of H-pyrrole nitrogens is 2. The van der Waals surface area contributed by atoms with E-state index in [0.29, 0.717) is 12.2 Å². The molecule has 0 unspecified atom stereocenters. The number of nitrogens with zero attached hydrogens (tertiary/aromatic N) is 2. The Morgan fingerprint density at radius 1 is 1.28 bits per heavy atom. The van der Waals surface area contributed by atoms with Crippen molar-refractivity contribution in [2.75, 3.05) is 13.7 Å². The number of aromatic nitrogens is 2. The highest BCUT2D eigenvalue weighted by Gasteiger charge is 2.22.